The Morgan fingerprint density at radius 3 is 1.81 bits per heavy atom. The van der Waals surface area contributed by atoms with Gasteiger partial charge in [0, 0.05) is 28.4 Å². The number of hydrogen-bond acceptors (Lipinski definition) is 3. The number of carbonyl (C=O) groups is 3. The van der Waals surface area contributed by atoms with Crippen molar-refractivity contribution in [3.8, 4) is 0 Å². The predicted octanol–water partition coefficient (Wildman–Crippen LogP) is 4.20. The fourth-order valence-electron chi connectivity index (χ4n) is 3.28. The summed E-state index contributed by atoms with van der Waals surface area (Å²) in [5.41, 5.74) is 2.24. The van der Waals surface area contributed by atoms with Crippen LogP contribution in [0.15, 0.2) is 48.5 Å². The Balaban J connectivity index is 1.59. The lowest BCUT2D eigenvalue weighted by molar-refractivity contribution is 0.0925. The third-order valence-electron chi connectivity index (χ3n) is 4.90. The van der Waals surface area contributed by atoms with Gasteiger partial charge in [-0.15, -0.1) is 0 Å². The Kier molecular flexibility index (Phi) is 6.01. The van der Waals surface area contributed by atoms with Crippen molar-refractivity contribution in [2.24, 2.45) is 0 Å². The normalized spacial score (nSPS) is 14.4. The van der Waals surface area contributed by atoms with Gasteiger partial charge in [-0.05, 0) is 68.3 Å². The molecule has 2 amide bonds. The Hall–Kier alpha value is -2.95. The Morgan fingerprint density at radius 1 is 0.741 bits per heavy atom. The molecule has 0 spiro atoms. The van der Waals surface area contributed by atoms with Crippen molar-refractivity contribution in [1.29, 1.82) is 0 Å². The standard InChI is InChI=1S/C22H24N2O3/c1-15(25)16-11-13-20(14-12-16)24-22(27)18-9-7-17(8-10-18)21(26)23-19-5-3-2-4-6-19/h7-14,19H,2-6H2,1H3,(H,23,26)(H,24,27). The zero-order valence-electron chi connectivity index (χ0n) is 15.5. The van der Waals surface area contributed by atoms with E-state index >= 15 is 0 Å². The number of hydrogen-bond donors (Lipinski definition) is 2. The summed E-state index contributed by atoms with van der Waals surface area (Å²) in [6.07, 6.45) is 5.64. The van der Waals surface area contributed by atoms with Gasteiger partial charge in [0.05, 0.1) is 0 Å². The van der Waals surface area contributed by atoms with Gasteiger partial charge in [-0.3, -0.25) is 14.4 Å². The van der Waals surface area contributed by atoms with Crippen LogP contribution in [0.5, 0.6) is 0 Å². The number of ketones is 1. The van der Waals surface area contributed by atoms with Crippen LogP contribution < -0.4 is 10.6 Å². The van der Waals surface area contributed by atoms with E-state index in [-0.39, 0.29) is 23.6 Å². The van der Waals surface area contributed by atoms with E-state index in [9.17, 15) is 14.4 Å². The van der Waals surface area contributed by atoms with E-state index in [4.69, 9.17) is 0 Å². The van der Waals surface area contributed by atoms with Gasteiger partial charge in [-0.1, -0.05) is 19.3 Å². The molecular formula is C22H24N2O3. The van der Waals surface area contributed by atoms with E-state index in [1.807, 2.05) is 0 Å². The highest BCUT2D eigenvalue weighted by atomic mass is 16.2. The molecule has 1 aliphatic carbocycles. The topological polar surface area (TPSA) is 75.3 Å². The zero-order valence-corrected chi connectivity index (χ0v) is 15.5. The van der Waals surface area contributed by atoms with Gasteiger partial charge >= 0.3 is 0 Å². The molecule has 0 radical (unpaired) electrons. The van der Waals surface area contributed by atoms with Crippen LogP contribution in [0.25, 0.3) is 0 Å². The van der Waals surface area contributed by atoms with Crippen molar-refractivity contribution in [3.05, 3.63) is 65.2 Å². The molecule has 0 heterocycles. The number of benzene rings is 2. The molecule has 2 aromatic carbocycles. The summed E-state index contributed by atoms with van der Waals surface area (Å²) >= 11 is 0. The number of amides is 2. The van der Waals surface area contributed by atoms with Crippen LogP contribution in [0.3, 0.4) is 0 Å². The summed E-state index contributed by atoms with van der Waals surface area (Å²) in [7, 11) is 0. The first-order valence-electron chi connectivity index (χ1n) is 9.36. The van der Waals surface area contributed by atoms with Crippen LogP contribution in [0.2, 0.25) is 0 Å². The first-order chi connectivity index (χ1) is 13.0. The lowest BCUT2D eigenvalue weighted by Crippen LogP contribution is -2.36. The van der Waals surface area contributed by atoms with E-state index < -0.39 is 0 Å². The molecule has 0 aromatic heterocycles. The lowest BCUT2D eigenvalue weighted by Gasteiger charge is -2.22. The number of rotatable bonds is 5. The second kappa shape index (κ2) is 8.62. The van der Waals surface area contributed by atoms with E-state index in [1.54, 1.807) is 48.5 Å². The highest BCUT2D eigenvalue weighted by Crippen LogP contribution is 2.18. The second-order valence-electron chi connectivity index (χ2n) is 6.97. The minimum Gasteiger partial charge on any atom is -0.349 e. The summed E-state index contributed by atoms with van der Waals surface area (Å²) in [5.74, 6) is -0.367. The minimum absolute atomic E-state index is 0.0185. The maximum Gasteiger partial charge on any atom is 0.255 e. The molecule has 1 aliphatic rings. The molecule has 140 valence electrons. The van der Waals surface area contributed by atoms with Crippen molar-refractivity contribution < 1.29 is 14.4 Å². The molecule has 0 saturated heterocycles. The summed E-state index contributed by atoms with van der Waals surface area (Å²) in [6.45, 7) is 1.50. The van der Waals surface area contributed by atoms with Crippen LogP contribution >= 0.6 is 0 Å². The van der Waals surface area contributed by atoms with Crippen molar-refractivity contribution in [1.82, 2.24) is 5.32 Å². The largest absolute Gasteiger partial charge is 0.349 e. The van der Waals surface area contributed by atoms with Crippen molar-refractivity contribution in [2.75, 3.05) is 5.32 Å². The third kappa shape index (κ3) is 5.03. The molecule has 2 N–H and O–H groups in total. The quantitative estimate of drug-likeness (QED) is 0.781. The molecule has 0 unspecified atom stereocenters. The van der Waals surface area contributed by atoms with E-state index in [2.05, 4.69) is 10.6 Å². The van der Waals surface area contributed by atoms with E-state index in [0.29, 0.717) is 22.4 Å². The second-order valence-corrected chi connectivity index (χ2v) is 6.97. The fraction of sp³-hybridized carbons (Fsp3) is 0.318. The highest BCUT2D eigenvalue weighted by molar-refractivity contribution is 6.05. The maximum absolute atomic E-state index is 12.4. The van der Waals surface area contributed by atoms with Crippen LogP contribution in [-0.4, -0.2) is 23.6 Å². The monoisotopic (exact) mass is 364 g/mol. The van der Waals surface area contributed by atoms with E-state index in [0.717, 1.165) is 25.7 Å². The van der Waals surface area contributed by atoms with Gasteiger partial charge < -0.3 is 10.6 Å². The zero-order chi connectivity index (χ0) is 19.2. The van der Waals surface area contributed by atoms with Gasteiger partial charge in [0.15, 0.2) is 5.78 Å². The first-order valence-corrected chi connectivity index (χ1v) is 9.36. The molecular weight excluding hydrogens is 340 g/mol. The van der Waals surface area contributed by atoms with Crippen molar-refractivity contribution in [3.63, 3.8) is 0 Å². The fourth-order valence-corrected chi connectivity index (χ4v) is 3.28. The van der Waals surface area contributed by atoms with Crippen LogP contribution in [-0.2, 0) is 0 Å². The van der Waals surface area contributed by atoms with Crippen LogP contribution in [0, 0.1) is 0 Å². The average molecular weight is 364 g/mol. The van der Waals surface area contributed by atoms with Gasteiger partial charge in [0.25, 0.3) is 11.8 Å². The van der Waals surface area contributed by atoms with E-state index in [1.165, 1.54) is 13.3 Å². The Bertz CT molecular complexity index is 820. The third-order valence-corrected chi connectivity index (χ3v) is 4.90. The molecule has 1 fully saturated rings. The number of carbonyl (C=O) groups excluding carboxylic acids is 3. The molecule has 27 heavy (non-hydrogen) atoms. The average Bonchev–Trinajstić information content (AvgIpc) is 2.69. The molecule has 3 rings (SSSR count). The molecule has 0 atom stereocenters. The van der Waals surface area contributed by atoms with Gasteiger partial charge in [-0.2, -0.15) is 0 Å². The molecule has 1 saturated carbocycles. The lowest BCUT2D eigenvalue weighted by atomic mass is 9.95. The summed E-state index contributed by atoms with van der Waals surface area (Å²) < 4.78 is 0. The smallest absolute Gasteiger partial charge is 0.255 e. The number of Topliss-reactive ketones (excluding diaryl/α,β-unsaturated/α-hetero) is 1. The Morgan fingerprint density at radius 2 is 1.26 bits per heavy atom. The highest BCUT2D eigenvalue weighted by Gasteiger charge is 2.17. The molecule has 2 aromatic rings. The Labute approximate surface area is 159 Å². The maximum atomic E-state index is 12.4. The van der Waals surface area contributed by atoms with Gasteiger partial charge in [-0.25, -0.2) is 0 Å². The van der Waals surface area contributed by atoms with Crippen molar-refractivity contribution in [2.45, 2.75) is 45.1 Å². The number of nitrogens with one attached hydrogen (secondary N) is 2. The van der Waals surface area contributed by atoms with Crippen LogP contribution in [0.1, 0.15) is 70.1 Å². The summed E-state index contributed by atoms with van der Waals surface area (Å²) in [6, 6.07) is 13.6. The molecule has 0 aliphatic heterocycles. The molecule has 5 heteroatoms. The summed E-state index contributed by atoms with van der Waals surface area (Å²) in [4.78, 5) is 36.0. The molecule has 0 bridgehead atoms. The van der Waals surface area contributed by atoms with Gasteiger partial charge in [0.1, 0.15) is 0 Å². The van der Waals surface area contributed by atoms with Gasteiger partial charge in [0.2, 0.25) is 0 Å². The summed E-state index contributed by atoms with van der Waals surface area (Å²) in [5, 5.41) is 5.86. The number of anilines is 1. The van der Waals surface area contributed by atoms with Crippen LogP contribution in [0.4, 0.5) is 5.69 Å². The van der Waals surface area contributed by atoms with Crippen molar-refractivity contribution >= 4 is 23.3 Å². The molecule has 5 nitrogen and oxygen atoms in total. The first kappa shape index (κ1) is 18.8. The predicted molar refractivity (Wildman–Crippen MR) is 105 cm³/mol. The minimum atomic E-state index is -0.259. The SMILES string of the molecule is CC(=O)c1ccc(NC(=O)c2ccc(C(=O)NC3CCCCC3)cc2)cc1.